The van der Waals surface area contributed by atoms with Gasteiger partial charge in [0, 0.05) is 6.61 Å². The van der Waals surface area contributed by atoms with Gasteiger partial charge < -0.3 is 30.1 Å². The summed E-state index contributed by atoms with van der Waals surface area (Å²) in [4.78, 5) is 4.59. The van der Waals surface area contributed by atoms with E-state index in [0.717, 1.165) is 0 Å². The molecule has 0 saturated heterocycles. The molecular formula is C4H11ClOSSn. The van der Waals surface area contributed by atoms with Crippen LogP contribution in [-0.2, 0) is 12.6 Å². The Morgan fingerprint density at radius 2 is 1.62 bits per heavy atom. The SMILES string of the molecule is OCC[S-].[CH3][Sn+2][CH3].[Cl-]. The van der Waals surface area contributed by atoms with E-state index in [-0.39, 0.29) is 40.2 Å². The standard InChI is InChI=1S/C2H6OS.2CH3.ClH.Sn/c3-1-2-4;;;;/h3-4H,1-2H2;2*1H3;1H;/q;;;;+2/p-2. The van der Waals surface area contributed by atoms with Gasteiger partial charge in [-0.2, -0.15) is 5.75 Å². The van der Waals surface area contributed by atoms with E-state index in [4.69, 9.17) is 5.11 Å². The molecule has 0 heterocycles. The molecule has 0 bridgehead atoms. The largest absolute Gasteiger partial charge is 1.00 e. The van der Waals surface area contributed by atoms with Crippen LogP contribution in [0.2, 0.25) is 9.88 Å². The molecule has 0 rings (SSSR count). The zero-order valence-electron chi connectivity index (χ0n) is 5.15. The third-order valence-corrected chi connectivity index (χ3v) is 0.274. The van der Waals surface area contributed by atoms with Gasteiger partial charge in [0.05, 0.1) is 0 Å². The molecule has 0 aliphatic heterocycles. The van der Waals surface area contributed by atoms with Crippen LogP contribution in [0.5, 0.6) is 0 Å². The average molecular weight is 261 g/mol. The van der Waals surface area contributed by atoms with E-state index in [9.17, 15) is 0 Å². The predicted molar refractivity (Wildman–Crippen MR) is 36.8 cm³/mol. The second kappa shape index (κ2) is 23.8. The van der Waals surface area contributed by atoms with Crippen LogP contribution in [0.3, 0.4) is 0 Å². The molecular weight excluding hydrogens is 250 g/mol. The summed E-state index contributed by atoms with van der Waals surface area (Å²) >= 11 is 4.53. The van der Waals surface area contributed by atoms with E-state index in [0.29, 0.717) is 5.75 Å². The summed E-state index contributed by atoms with van der Waals surface area (Å²) in [5.74, 6) is 0.458. The number of halogens is 1. The summed E-state index contributed by atoms with van der Waals surface area (Å²) in [5.41, 5.74) is 0. The summed E-state index contributed by atoms with van der Waals surface area (Å²) in [6.45, 7) is 0.134. The zero-order valence-corrected chi connectivity index (χ0v) is 9.57. The van der Waals surface area contributed by atoms with Crippen LogP contribution in [0.1, 0.15) is 0 Å². The molecule has 0 amide bonds. The first-order valence-electron chi connectivity index (χ1n) is 2.10. The smallest absolute Gasteiger partial charge is 1.00 e. The maximum Gasteiger partial charge on any atom is -1.00 e. The minimum absolute atomic E-state index is 0. The molecule has 0 atom stereocenters. The minimum Gasteiger partial charge on any atom is -1.00 e. The first-order chi connectivity index (χ1) is 3.33. The fourth-order valence-corrected chi connectivity index (χ4v) is 0. The Labute approximate surface area is 73.3 Å². The van der Waals surface area contributed by atoms with Gasteiger partial charge in [-0.15, -0.1) is 0 Å². The van der Waals surface area contributed by atoms with Crippen LogP contribution in [-0.4, -0.2) is 38.6 Å². The molecule has 0 spiro atoms. The van der Waals surface area contributed by atoms with Crippen molar-refractivity contribution in [3.63, 3.8) is 0 Å². The van der Waals surface area contributed by atoms with E-state index < -0.39 is 0 Å². The zero-order chi connectivity index (χ0) is 6.12. The molecule has 0 unspecified atom stereocenters. The summed E-state index contributed by atoms with van der Waals surface area (Å²) in [6, 6.07) is 0. The predicted octanol–water partition coefficient (Wildman–Crippen LogP) is -2.68. The minimum atomic E-state index is 0. The van der Waals surface area contributed by atoms with Crippen molar-refractivity contribution in [2.75, 3.05) is 12.4 Å². The van der Waals surface area contributed by atoms with Crippen molar-refractivity contribution < 1.29 is 17.5 Å². The summed E-state index contributed by atoms with van der Waals surface area (Å²) in [7, 11) is 0. The van der Waals surface area contributed by atoms with Gasteiger partial charge >= 0.3 is 31.0 Å². The normalized spacial score (nSPS) is 5.00. The van der Waals surface area contributed by atoms with Gasteiger partial charge in [-0.25, -0.2) is 0 Å². The van der Waals surface area contributed by atoms with E-state index in [1.165, 1.54) is 0 Å². The van der Waals surface area contributed by atoms with Crippen LogP contribution in [0.15, 0.2) is 0 Å². The Morgan fingerprint density at radius 1 is 1.50 bits per heavy atom. The molecule has 8 heavy (non-hydrogen) atoms. The summed E-state index contributed by atoms with van der Waals surface area (Å²) in [6.07, 6.45) is 0. The van der Waals surface area contributed by atoms with Gasteiger partial charge in [0.1, 0.15) is 0 Å². The van der Waals surface area contributed by atoms with Gasteiger partial charge in [-0.3, -0.25) is 0 Å². The quantitative estimate of drug-likeness (QED) is 0.410. The van der Waals surface area contributed by atoms with Gasteiger partial charge in [0.25, 0.3) is 0 Å². The molecule has 0 aromatic heterocycles. The third-order valence-electron chi connectivity index (χ3n) is 0.0913. The number of aliphatic hydroxyl groups excluding tert-OH is 1. The Hall–Kier alpha value is 1.40. The fraction of sp³-hybridized carbons (Fsp3) is 1.00. The molecule has 1 N–H and O–H groups in total. The molecule has 0 radical (unpaired) electrons. The third kappa shape index (κ3) is 52.6. The van der Waals surface area contributed by atoms with Gasteiger partial charge in [-0.1, -0.05) is 0 Å². The van der Waals surface area contributed by atoms with Gasteiger partial charge in [-0.05, 0) is 0 Å². The van der Waals surface area contributed by atoms with Gasteiger partial charge in [0.15, 0.2) is 0 Å². The Kier molecular flexibility index (Phi) is 48.1. The first-order valence-corrected chi connectivity index (χ1v) is 8.39. The Balaban J connectivity index is -0.0000000575. The van der Waals surface area contributed by atoms with Crippen molar-refractivity contribution in [2.45, 2.75) is 9.88 Å². The fourth-order valence-electron chi connectivity index (χ4n) is 0. The van der Waals surface area contributed by atoms with Crippen molar-refractivity contribution in [1.82, 2.24) is 0 Å². The number of aliphatic hydroxyl groups is 1. The topological polar surface area (TPSA) is 20.2 Å². The van der Waals surface area contributed by atoms with Gasteiger partial charge in [0.2, 0.25) is 0 Å². The average Bonchev–Trinajstić information content (AvgIpc) is 1.69. The molecule has 0 aliphatic carbocycles. The van der Waals surface area contributed by atoms with Crippen LogP contribution >= 0.6 is 0 Å². The molecule has 0 saturated carbocycles. The van der Waals surface area contributed by atoms with E-state index in [2.05, 4.69) is 22.5 Å². The second-order valence-electron chi connectivity index (χ2n) is 0.928. The van der Waals surface area contributed by atoms with Crippen molar-refractivity contribution in [3.8, 4) is 0 Å². The Morgan fingerprint density at radius 3 is 1.62 bits per heavy atom. The van der Waals surface area contributed by atoms with Crippen molar-refractivity contribution in [1.29, 1.82) is 0 Å². The number of hydrogen-bond donors (Lipinski definition) is 1. The maximum absolute atomic E-state index is 7.77. The maximum atomic E-state index is 7.77. The van der Waals surface area contributed by atoms with E-state index in [1.807, 2.05) is 0 Å². The van der Waals surface area contributed by atoms with E-state index >= 15 is 0 Å². The van der Waals surface area contributed by atoms with Crippen LogP contribution in [0.4, 0.5) is 0 Å². The number of rotatable bonds is 1. The first kappa shape index (κ1) is 16.2. The molecule has 0 aromatic carbocycles. The van der Waals surface area contributed by atoms with Crippen molar-refractivity contribution >= 4 is 33.8 Å². The monoisotopic (exact) mass is 262 g/mol. The van der Waals surface area contributed by atoms with Crippen LogP contribution < -0.4 is 12.4 Å². The molecule has 0 aliphatic rings. The Bertz CT molecular complexity index is 23.5. The molecule has 4 heteroatoms. The number of hydrogen-bond acceptors (Lipinski definition) is 2. The van der Waals surface area contributed by atoms with E-state index in [1.54, 1.807) is 0 Å². The molecule has 0 aromatic rings. The second-order valence-corrected chi connectivity index (χ2v) is 4.19. The van der Waals surface area contributed by atoms with Crippen molar-refractivity contribution in [2.24, 2.45) is 0 Å². The summed E-state index contributed by atoms with van der Waals surface area (Å²) < 4.78 is 0. The molecule has 50 valence electrons. The molecule has 0 fully saturated rings. The molecule has 1 nitrogen and oxygen atoms in total. The summed E-state index contributed by atoms with van der Waals surface area (Å²) in [5, 5.41) is 7.77. The van der Waals surface area contributed by atoms with Crippen molar-refractivity contribution in [3.05, 3.63) is 0 Å². The van der Waals surface area contributed by atoms with Crippen LogP contribution in [0.25, 0.3) is 0 Å². The van der Waals surface area contributed by atoms with Crippen LogP contribution in [0, 0.1) is 0 Å².